The Hall–Kier alpha value is -1.52. The highest BCUT2D eigenvalue weighted by Gasteiger charge is 2.10. The fourth-order valence-corrected chi connectivity index (χ4v) is 2.34. The lowest BCUT2D eigenvalue weighted by Crippen LogP contribution is -2.06. The molecule has 0 bridgehead atoms. The molecule has 0 spiro atoms. The molecule has 0 saturated heterocycles. The molecule has 0 radical (unpaired) electrons. The van der Waals surface area contributed by atoms with Crippen molar-refractivity contribution in [2.24, 2.45) is 0 Å². The molecule has 2 aromatic rings. The van der Waals surface area contributed by atoms with E-state index in [1.165, 1.54) is 12.7 Å². The highest BCUT2D eigenvalue weighted by molar-refractivity contribution is 6.31. The van der Waals surface area contributed by atoms with Gasteiger partial charge >= 0.3 is 5.97 Å². The molecule has 4 nitrogen and oxygen atoms in total. The van der Waals surface area contributed by atoms with Crippen molar-refractivity contribution in [1.82, 2.24) is 9.88 Å². The van der Waals surface area contributed by atoms with Gasteiger partial charge in [-0.2, -0.15) is 0 Å². The van der Waals surface area contributed by atoms with E-state index in [1.54, 1.807) is 0 Å². The van der Waals surface area contributed by atoms with Gasteiger partial charge in [0.05, 0.1) is 13.5 Å². The van der Waals surface area contributed by atoms with Gasteiger partial charge in [-0.1, -0.05) is 17.7 Å². The Morgan fingerprint density at radius 3 is 2.95 bits per heavy atom. The van der Waals surface area contributed by atoms with Crippen LogP contribution in [0.1, 0.15) is 12.0 Å². The van der Waals surface area contributed by atoms with E-state index in [4.69, 9.17) is 11.6 Å². The van der Waals surface area contributed by atoms with Crippen LogP contribution in [0.4, 0.5) is 0 Å². The fourth-order valence-electron chi connectivity index (χ4n) is 2.17. The van der Waals surface area contributed by atoms with Crippen molar-refractivity contribution in [3.63, 3.8) is 0 Å². The maximum Gasteiger partial charge on any atom is 0.307 e. The van der Waals surface area contributed by atoms with Gasteiger partial charge in [0.2, 0.25) is 0 Å². The number of carbonyl (C=O) groups is 1. The second-order valence-corrected chi connectivity index (χ2v) is 4.80. The van der Waals surface area contributed by atoms with Crippen molar-refractivity contribution in [3.8, 4) is 0 Å². The minimum absolute atomic E-state index is 0.209. The van der Waals surface area contributed by atoms with Gasteiger partial charge in [-0.15, -0.1) is 0 Å². The molecule has 102 valence electrons. The molecular formula is C14H17ClN2O2. The van der Waals surface area contributed by atoms with Crippen molar-refractivity contribution in [2.75, 3.05) is 14.2 Å². The summed E-state index contributed by atoms with van der Waals surface area (Å²) in [5.41, 5.74) is 2.24. The summed E-state index contributed by atoms with van der Waals surface area (Å²) in [6.07, 6.45) is 2.41. The molecule has 2 rings (SSSR count). The number of fused-ring (bicyclic) bond motifs is 1. The van der Waals surface area contributed by atoms with Gasteiger partial charge in [-0.3, -0.25) is 4.79 Å². The number of aromatic nitrogens is 1. The van der Waals surface area contributed by atoms with Gasteiger partial charge in [0.25, 0.3) is 0 Å². The molecule has 19 heavy (non-hydrogen) atoms. The average molecular weight is 281 g/mol. The van der Waals surface area contributed by atoms with Crippen LogP contribution in [0, 0.1) is 0 Å². The number of rotatable bonds is 5. The number of hydrogen-bond acceptors (Lipinski definition) is 3. The van der Waals surface area contributed by atoms with Crippen LogP contribution in [-0.4, -0.2) is 24.7 Å². The van der Waals surface area contributed by atoms with E-state index < -0.39 is 0 Å². The third-order valence-electron chi connectivity index (χ3n) is 3.08. The number of benzene rings is 1. The van der Waals surface area contributed by atoms with Crippen LogP contribution < -0.4 is 5.32 Å². The van der Waals surface area contributed by atoms with Gasteiger partial charge in [-0.05, 0) is 24.7 Å². The van der Waals surface area contributed by atoms with Gasteiger partial charge in [0, 0.05) is 35.2 Å². The van der Waals surface area contributed by atoms with E-state index in [0.717, 1.165) is 17.4 Å². The molecule has 5 heteroatoms. The SMILES string of the molecule is CNCc1cn(CCC(=O)OC)c2cc(Cl)ccc12. The second-order valence-electron chi connectivity index (χ2n) is 4.37. The summed E-state index contributed by atoms with van der Waals surface area (Å²) in [6, 6.07) is 5.82. The predicted molar refractivity (Wildman–Crippen MR) is 76.3 cm³/mol. The second kappa shape index (κ2) is 6.08. The van der Waals surface area contributed by atoms with E-state index in [0.29, 0.717) is 18.0 Å². The maximum atomic E-state index is 11.2. The zero-order chi connectivity index (χ0) is 13.8. The van der Waals surface area contributed by atoms with Gasteiger partial charge in [-0.25, -0.2) is 0 Å². The van der Waals surface area contributed by atoms with E-state index in [1.807, 2.05) is 29.8 Å². The highest BCUT2D eigenvalue weighted by atomic mass is 35.5. The van der Waals surface area contributed by atoms with Crippen molar-refractivity contribution >= 4 is 28.5 Å². The number of carbonyl (C=O) groups excluding carboxylic acids is 1. The quantitative estimate of drug-likeness (QED) is 0.856. The first-order chi connectivity index (χ1) is 9.15. The van der Waals surface area contributed by atoms with Crippen LogP contribution >= 0.6 is 11.6 Å². The van der Waals surface area contributed by atoms with E-state index in [9.17, 15) is 4.79 Å². The Balaban J connectivity index is 2.36. The zero-order valence-electron chi connectivity index (χ0n) is 11.1. The molecule has 0 amide bonds. The summed E-state index contributed by atoms with van der Waals surface area (Å²) in [5.74, 6) is -0.209. The number of methoxy groups -OCH3 is 1. The topological polar surface area (TPSA) is 43.3 Å². The Labute approximate surface area is 117 Å². The predicted octanol–water partition coefficient (Wildman–Crippen LogP) is 2.58. The van der Waals surface area contributed by atoms with Crippen LogP contribution in [0.3, 0.4) is 0 Å². The number of ether oxygens (including phenoxy) is 1. The molecule has 0 saturated carbocycles. The first-order valence-electron chi connectivity index (χ1n) is 6.14. The Kier molecular flexibility index (Phi) is 4.45. The molecule has 0 unspecified atom stereocenters. The smallest absolute Gasteiger partial charge is 0.307 e. The molecule has 1 N–H and O–H groups in total. The third kappa shape index (κ3) is 3.08. The Bertz CT molecular complexity index is 592. The minimum Gasteiger partial charge on any atom is -0.469 e. The van der Waals surface area contributed by atoms with E-state index >= 15 is 0 Å². The number of aryl methyl sites for hydroxylation is 1. The number of esters is 1. The largest absolute Gasteiger partial charge is 0.469 e. The van der Waals surface area contributed by atoms with Crippen LogP contribution in [0.5, 0.6) is 0 Å². The monoisotopic (exact) mass is 280 g/mol. The molecule has 0 fully saturated rings. The van der Waals surface area contributed by atoms with Gasteiger partial charge in [0.1, 0.15) is 0 Å². The number of nitrogens with zero attached hydrogens (tertiary/aromatic N) is 1. The van der Waals surface area contributed by atoms with Gasteiger partial charge in [0.15, 0.2) is 0 Å². The van der Waals surface area contributed by atoms with E-state index in [-0.39, 0.29) is 5.97 Å². The highest BCUT2D eigenvalue weighted by Crippen LogP contribution is 2.25. The lowest BCUT2D eigenvalue weighted by atomic mass is 10.2. The van der Waals surface area contributed by atoms with Crippen LogP contribution in [0.2, 0.25) is 5.02 Å². The fraction of sp³-hybridized carbons (Fsp3) is 0.357. The van der Waals surface area contributed by atoms with Crippen molar-refractivity contribution in [3.05, 3.63) is 35.0 Å². The normalized spacial score (nSPS) is 10.9. The number of halogens is 1. The number of nitrogens with one attached hydrogen (secondary N) is 1. The molecule has 1 aromatic carbocycles. The lowest BCUT2D eigenvalue weighted by Gasteiger charge is -2.04. The summed E-state index contributed by atoms with van der Waals surface area (Å²) in [7, 11) is 3.31. The van der Waals surface area contributed by atoms with E-state index in [2.05, 4.69) is 16.3 Å². The van der Waals surface area contributed by atoms with Gasteiger partial charge < -0.3 is 14.6 Å². The molecule has 0 aliphatic carbocycles. The molecular weight excluding hydrogens is 264 g/mol. The zero-order valence-corrected chi connectivity index (χ0v) is 11.8. The summed E-state index contributed by atoms with van der Waals surface area (Å²) >= 11 is 6.05. The minimum atomic E-state index is -0.209. The van der Waals surface area contributed by atoms with Crippen molar-refractivity contribution in [1.29, 1.82) is 0 Å². The van der Waals surface area contributed by atoms with Crippen molar-refractivity contribution < 1.29 is 9.53 Å². The molecule has 0 atom stereocenters. The number of hydrogen-bond donors (Lipinski definition) is 1. The Morgan fingerprint density at radius 1 is 1.47 bits per heavy atom. The summed E-state index contributed by atoms with van der Waals surface area (Å²) in [4.78, 5) is 11.2. The average Bonchev–Trinajstić information content (AvgIpc) is 2.74. The van der Waals surface area contributed by atoms with Crippen molar-refractivity contribution in [2.45, 2.75) is 19.5 Å². The van der Waals surface area contributed by atoms with Crippen LogP contribution in [0.15, 0.2) is 24.4 Å². The Morgan fingerprint density at radius 2 is 2.26 bits per heavy atom. The first-order valence-corrected chi connectivity index (χ1v) is 6.52. The third-order valence-corrected chi connectivity index (χ3v) is 3.31. The standard InChI is InChI=1S/C14H17ClN2O2/c1-16-8-10-9-17(6-5-14(18)19-2)13-7-11(15)3-4-12(10)13/h3-4,7,9,16H,5-6,8H2,1-2H3. The van der Waals surface area contributed by atoms with Crippen LogP contribution in [-0.2, 0) is 22.6 Å². The molecule has 0 aliphatic rings. The first kappa shape index (κ1) is 13.9. The maximum absolute atomic E-state index is 11.2. The summed E-state index contributed by atoms with van der Waals surface area (Å²) in [6.45, 7) is 1.37. The lowest BCUT2D eigenvalue weighted by molar-refractivity contribution is -0.140. The summed E-state index contributed by atoms with van der Waals surface area (Å²) < 4.78 is 6.72. The summed E-state index contributed by atoms with van der Waals surface area (Å²) in [5, 5.41) is 4.99. The molecule has 0 aliphatic heterocycles. The van der Waals surface area contributed by atoms with Crippen LogP contribution in [0.25, 0.3) is 10.9 Å². The molecule has 1 aromatic heterocycles. The molecule has 1 heterocycles.